The molecule has 8 N–H and O–H groups in total. The van der Waals surface area contributed by atoms with E-state index in [1.165, 1.54) is 33.4 Å². The van der Waals surface area contributed by atoms with E-state index >= 15 is 0 Å². The van der Waals surface area contributed by atoms with Gasteiger partial charge in [0.25, 0.3) is 0 Å². The molecule has 5 aromatic rings. The van der Waals surface area contributed by atoms with Gasteiger partial charge in [0.2, 0.25) is 0 Å². The van der Waals surface area contributed by atoms with Gasteiger partial charge in [-0.05, 0) is 70.2 Å². The first-order chi connectivity index (χ1) is 25.6. The van der Waals surface area contributed by atoms with Crippen molar-refractivity contribution < 1.29 is 117 Å². The minimum atomic E-state index is -5.17. The molecule has 0 amide bonds. The van der Waals surface area contributed by atoms with Crippen molar-refractivity contribution in [3.05, 3.63) is 171 Å². The molecule has 0 aliphatic heterocycles. The third-order valence-corrected chi connectivity index (χ3v) is 8.03. The fourth-order valence-corrected chi connectivity index (χ4v) is 6.23. The normalized spacial score (nSPS) is 11.1. The summed E-state index contributed by atoms with van der Waals surface area (Å²) < 4.78 is 97.2. The van der Waals surface area contributed by atoms with E-state index in [9.17, 15) is 0 Å². The molecule has 15 nitrogen and oxygen atoms in total. The Morgan fingerprint density at radius 2 is 0.825 bits per heavy atom. The van der Waals surface area contributed by atoms with Gasteiger partial charge < -0.3 is 14.8 Å². The summed E-state index contributed by atoms with van der Waals surface area (Å²) >= 11 is 0. The molecule has 0 aliphatic rings. The molecule has 0 heterocycles. The Bertz CT molecular complexity index is 2160. The molecule has 0 spiro atoms. The van der Waals surface area contributed by atoms with Crippen LogP contribution in [0.2, 0.25) is 0 Å². The molecule has 5 rings (SSSR count). The third kappa shape index (κ3) is 18.9. The van der Waals surface area contributed by atoms with Gasteiger partial charge >= 0.3 is 79.9 Å². The smallest absolute Gasteiger partial charge is 0.759 e. The predicted octanol–water partition coefficient (Wildman–Crippen LogP) is -0.878. The molecule has 298 valence electrons. The Balaban J connectivity index is 0.00000158. The average Bonchev–Trinajstić information content (AvgIpc) is 3.10. The Kier molecular flexibility index (Phi) is 24.0. The molecule has 20 heteroatoms. The molecule has 0 bridgehead atoms. The number of nitrogens with two attached hydrogens (primary N) is 2. The molecule has 0 saturated carbocycles. The molecule has 57 heavy (non-hydrogen) atoms. The number of nitrogen functional groups attached to an aromatic ring is 1. The van der Waals surface area contributed by atoms with Crippen LogP contribution in [0.5, 0.6) is 0 Å². The predicted molar refractivity (Wildman–Crippen MR) is 205 cm³/mol. The average molecular weight is 865 g/mol. The monoisotopic (exact) mass is 864 g/mol. The fraction of sp³-hybridized carbons (Fsp3) is 0.189. The van der Waals surface area contributed by atoms with Gasteiger partial charge in [-0.3, -0.25) is 31.5 Å². The van der Waals surface area contributed by atoms with Gasteiger partial charge in [-0.25, -0.2) is 5.90 Å². The Morgan fingerprint density at radius 1 is 0.544 bits per heavy atom. The Hall–Kier alpha value is -2.57. The molecule has 0 aliphatic carbocycles. The Morgan fingerprint density at radius 3 is 1.11 bits per heavy atom. The van der Waals surface area contributed by atoms with Crippen LogP contribution in [0.3, 0.4) is 0 Å². The molecule has 0 aromatic heterocycles. The molecule has 0 atom stereocenters. The Labute approximate surface area is 378 Å². The zero-order valence-electron chi connectivity index (χ0n) is 31.7. The molecule has 0 saturated heterocycles. The van der Waals surface area contributed by atoms with Crippen molar-refractivity contribution in [1.82, 2.24) is 0 Å². The topological polar surface area (TPSA) is 291 Å². The maximum atomic E-state index is 8.74. The summed E-state index contributed by atoms with van der Waals surface area (Å²) in [5.41, 5.74) is 17.3. The van der Waals surface area contributed by atoms with Crippen LogP contribution in [-0.4, -0.2) is 52.6 Å². The fourth-order valence-electron chi connectivity index (χ4n) is 6.23. The molecule has 0 fully saturated rings. The quantitative estimate of drug-likeness (QED) is 0.0248. The molecular weight excluding hydrogens is 823 g/mol. The number of anilines is 1. The summed E-state index contributed by atoms with van der Waals surface area (Å²) in [4.78, 5) is 6.25. The van der Waals surface area contributed by atoms with Gasteiger partial charge in [-0.15, -0.1) is 0 Å². The summed E-state index contributed by atoms with van der Waals surface area (Å²) in [7, 11) is -14.5. The van der Waals surface area contributed by atoms with Crippen LogP contribution < -0.4 is 70.7 Å². The van der Waals surface area contributed by atoms with Gasteiger partial charge in [-0.2, -0.15) is 16.8 Å². The van der Waals surface area contributed by atoms with E-state index in [4.69, 9.17) is 69.0 Å². The van der Waals surface area contributed by atoms with Gasteiger partial charge in [0.15, 0.2) is 5.60 Å². The summed E-state index contributed by atoms with van der Waals surface area (Å²) in [6.45, 7) is 4.42. The maximum Gasteiger partial charge on any atom is 1.00 e. The summed E-state index contributed by atoms with van der Waals surface area (Å²) in [6, 6.07) is 41.8. The third-order valence-electron chi connectivity index (χ3n) is 8.03. The van der Waals surface area contributed by atoms with Crippen LogP contribution in [-0.2, 0) is 67.3 Å². The van der Waals surface area contributed by atoms with E-state index in [0.29, 0.717) is 6.42 Å². The first-order valence-electron chi connectivity index (χ1n) is 16.2. The van der Waals surface area contributed by atoms with Crippen LogP contribution in [0.15, 0.2) is 121 Å². The SMILES string of the molecule is CCc1c(N)c(C(ON)(c2ccccc2)c2ccccc2)c(Cc2ccccc2)c(Cc2ccccc2)c1CC.O=S(=O)(O)O.O=S(=O)(O)O.O=S(=O)([O-])[O-].[Na+].[Na+]. The van der Waals surface area contributed by atoms with Crippen molar-refractivity contribution >= 4 is 36.9 Å². The second-order valence-corrected chi connectivity index (χ2v) is 14.2. The summed E-state index contributed by atoms with van der Waals surface area (Å²) in [6.07, 6.45) is 3.23. The zero-order chi connectivity index (χ0) is 41.5. The molecule has 0 radical (unpaired) electrons. The van der Waals surface area contributed by atoms with Crippen molar-refractivity contribution in [2.45, 2.75) is 45.1 Å². The zero-order valence-corrected chi connectivity index (χ0v) is 38.2. The van der Waals surface area contributed by atoms with Gasteiger partial charge in [-0.1, -0.05) is 135 Å². The second kappa shape index (κ2) is 25.1. The van der Waals surface area contributed by atoms with Crippen molar-refractivity contribution in [2.75, 3.05) is 5.73 Å². The van der Waals surface area contributed by atoms with E-state index in [2.05, 4.69) is 98.8 Å². The van der Waals surface area contributed by atoms with E-state index in [1.807, 2.05) is 36.4 Å². The van der Waals surface area contributed by atoms with Crippen LogP contribution in [0.4, 0.5) is 5.69 Å². The number of rotatable bonds is 10. The van der Waals surface area contributed by atoms with Crippen molar-refractivity contribution in [3.8, 4) is 0 Å². The number of benzene rings is 5. The minimum Gasteiger partial charge on any atom is -0.759 e. The van der Waals surface area contributed by atoms with Gasteiger partial charge in [0.05, 0.1) is 0 Å². The maximum absolute atomic E-state index is 8.74. The number of hydrogen-bond donors (Lipinski definition) is 6. The van der Waals surface area contributed by atoms with E-state index in [0.717, 1.165) is 41.6 Å². The number of hydrogen-bond acceptors (Lipinski definition) is 11. The molecular formula is C37H42N2Na2O13S3. The largest absolute Gasteiger partial charge is 1.00 e. The molecule has 5 aromatic carbocycles. The minimum absolute atomic E-state index is 0. The summed E-state index contributed by atoms with van der Waals surface area (Å²) in [5, 5.41) is 0. The standard InChI is InChI=1S/C37H38N2O.2Na.3H2O4S/c1-3-31-32(4-2)36(38)35(37(40-39,29-21-13-7-14-22-29)30-23-15-8-16-24-30)34(26-28-19-11-6-12-20-28)33(31)25-27-17-9-5-10-18-27;;;3*1-5(2,3)4/h5-24H,3-4,25-26,38-39H2,1-2H3;;;3*(H2,1,2,3,4)/q;2*+1;;;/p-2. The van der Waals surface area contributed by atoms with E-state index in [1.54, 1.807) is 0 Å². The van der Waals surface area contributed by atoms with Crippen LogP contribution >= 0.6 is 0 Å². The van der Waals surface area contributed by atoms with E-state index < -0.39 is 36.8 Å². The van der Waals surface area contributed by atoms with E-state index in [-0.39, 0.29) is 59.1 Å². The summed E-state index contributed by atoms with van der Waals surface area (Å²) in [5.74, 6) is 6.44. The molecule has 0 unspecified atom stereocenters. The second-order valence-electron chi connectivity index (χ2n) is 11.6. The van der Waals surface area contributed by atoms with Crippen LogP contribution in [0.25, 0.3) is 0 Å². The van der Waals surface area contributed by atoms with Crippen LogP contribution in [0.1, 0.15) is 63.9 Å². The first-order valence-corrected chi connectivity index (χ1v) is 20.3. The van der Waals surface area contributed by atoms with Gasteiger partial charge in [0, 0.05) is 21.6 Å². The van der Waals surface area contributed by atoms with Gasteiger partial charge in [0.1, 0.15) is 0 Å². The van der Waals surface area contributed by atoms with Crippen LogP contribution in [0, 0.1) is 0 Å². The van der Waals surface area contributed by atoms with Crippen molar-refractivity contribution in [3.63, 3.8) is 0 Å². The first kappa shape index (κ1) is 54.4. The van der Waals surface area contributed by atoms with Crippen molar-refractivity contribution in [1.29, 1.82) is 0 Å². The van der Waals surface area contributed by atoms with Crippen molar-refractivity contribution in [2.24, 2.45) is 5.90 Å².